The minimum Gasteiger partial charge on any atom is -0.462 e. The predicted octanol–water partition coefficient (Wildman–Crippen LogP) is 3.81. The van der Waals surface area contributed by atoms with E-state index in [4.69, 9.17) is 4.74 Å². The Balaban J connectivity index is 1.80. The summed E-state index contributed by atoms with van der Waals surface area (Å²) in [4.78, 5) is 24.6. The first-order valence-electron chi connectivity index (χ1n) is 8.27. The number of hydrogen-bond acceptors (Lipinski definition) is 3. The van der Waals surface area contributed by atoms with Crippen LogP contribution in [0.2, 0.25) is 0 Å². The molecule has 0 radical (unpaired) electrons. The molecule has 1 aliphatic carbocycles. The quantitative estimate of drug-likeness (QED) is 0.768. The number of rotatable bonds is 3. The van der Waals surface area contributed by atoms with Crippen LogP contribution in [-0.2, 0) is 9.53 Å². The Morgan fingerprint density at radius 1 is 1.17 bits per heavy atom. The highest BCUT2D eigenvalue weighted by molar-refractivity contribution is 9.10. The molecule has 2 atom stereocenters. The lowest BCUT2D eigenvalue weighted by molar-refractivity contribution is -0.155. The Kier molecular flexibility index (Phi) is 5.23. The molecular weight excluding hydrogens is 372 g/mol. The van der Waals surface area contributed by atoms with Crippen molar-refractivity contribution in [2.45, 2.75) is 44.2 Å². The summed E-state index contributed by atoms with van der Waals surface area (Å²) in [5.41, 5.74) is 1.23. The molecule has 2 fully saturated rings. The molecule has 1 saturated heterocycles. The largest absolute Gasteiger partial charge is 0.462 e. The van der Waals surface area contributed by atoms with Gasteiger partial charge in [0.15, 0.2) is 0 Å². The Bertz CT molecular complexity index is 638. The third-order valence-electron chi connectivity index (χ3n) is 4.59. The minimum absolute atomic E-state index is 0.0257. The molecule has 2 N–H and O–H groups in total. The zero-order chi connectivity index (χ0) is 17.1. The first kappa shape index (κ1) is 17.0. The summed E-state index contributed by atoms with van der Waals surface area (Å²) in [7, 11) is 0. The predicted molar refractivity (Wildman–Crippen MR) is 94.1 cm³/mol. The molecule has 1 aromatic carbocycles. The van der Waals surface area contributed by atoms with Gasteiger partial charge in [-0.3, -0.25) is 4.79 Å². The number of esters is 1. The Morgan fingerprint density at radius 3 is 2.50 bits per heavy atom. The first-order chi connectivity index (χ1) is 11.5. The summed E-state index contributed by atoms with van der Waals surface area (Å²) >= 11 is 3.39. The van der Waals surface area contributed by atoms with Gasteiger partial charge < -0.3 is 15.4 Å². The Labute approximate surface area is 150 Å². The first-order valence-corrected chi connectivity index (χ1v) is 9.06. The van der Waals surface area contributed by atoms with E-state index in [-0.39, 0.29) is 18.1 Å². The van der Waals surface area contributed by atoms with Crippen molar-refractivity contribution in [2.24, 2.45) is 5.92 Å². The summed E-state index contributed by atoms with van der Waals surface area (Å²) in [5, 5.41) is 5.43. The minimum atomic E-state index is -0.634. The SMILES string of the molecule is C=C1NC(=O)NC(c2ccc(Br)cc2)C1C(=O)OC1CCCCC1. The Hall–Kier alpha value is -1.82. The topological polar surface area (TPSA) is 67.4 Å². The fraction of sp³-hybridized carbons (Fsp3) is 0.444. The van der Waals surface area contributed by atoms with Crippen molar-refractivity contribution in [3.05, 3.63) is 46.6 Å². The summed E-state index contributed by atoms with van der Waals surface area (Å²) in [5.74, 6) is -0.960. The third kappa shape index (κ3) is 3.80. The van der Waals surface area contributed by atoms with Crippen LogP contribution in [0.15, 0.2) is 41.0 Å². The molecule has 1 heterocycles. The average molecular weight is 393 g/mol. The van der Waals surface area contributed by atoms with E-state index in [1.54, 1.807) is 0 Å². The molecule has 2 aliphatic rings. The van der Waals surface area contributed by atoms with Crippen molar-refractivity contribution < 1.29 is 14.3 Å². The molecule has 3 rings (SSSR count). The number of carbonyl (C=O) groups excluding carboxylic acids is 2. The van der Waals surface area contributed by atoms with Crippen molar-refractivity contribution >= 4 is 27.9 Å². The molecule has 6 heteroatoms. The zero-order valence-electron chi connectivity index (χ0n) is 13.4. The van der Waals surface area contributed by atoms with Gasteiger partial charge in [-0.25, -0.2) is 4.79 Å². The van der Waals surface area contributed by atoms with Crippen LogP contribution in [0, 0.1) is 5.92 Å². The van der Waals surface area contributed by atoms with Gasteiger partial charge in [0, 0.05) is 10.2 Å². The van der Waals surface area contributed by atoms with E-state index in [1.807, 2.05) is 24.3 Å². The van der Waals surface area contributed by atoms with Crippen LogP contribution in [0.5, 0.6) is 0 Å². The zero-order valence-corrected chi connectivity index (χ0v) is 15.0. The fourth-order valence-electron chi connectivity index (χ4n) is 3.33. The molecule has 1 aromatic rings. The second kappa shape index (κ2) is 7.38. The van der Waals surface area contributed by atoms with E-state index in [1.165, 1.54) is 6.42 Å². The molecule has 24 heavy (non-hydrogen) atoms. The van der Waals surface area contributed by atoms with Gasteiger partial charge >= 0.3 is 12.0 Å². The van der Waals surface area contributed by atoms with E-state index >= 15 is 0 Å². The molecule has 128 valence electrons. The van der Waals surface area contributed by atoms with Crippen LogP contribution < -0.4 is 10.6 Å². The molecule has 0 aromatic heterocycles. The molecule has 2 unspecified atom stereocenters. The van der Waals surface area contributed by atoms with Gasteiger partial charge in [-0.2, -0.15) is 0 Å². The van der Waals surface area contributed by atoms with Crippen LogP contribution in [0.25, 0.3) is 0 Å². The third-order valence-corrected chi connectivity index (χ3v) is 5.12. The summed E-state index contributed by atoms with van der Waals surface area (Å²) in [6.07, 6.45) is 5.18. The standard InChI is InChI=1S/C18H21BrN2O3/c1-11-15(17(22)24-14-5-3-2-4-6-14)16(21-18(23)20-11)12-7-9-13(19)10-8-12/h7-10,14-16H,1-6H2,(H2,20,21,23). The number of carbonyl (C=O) groups is 2. The highest BCUT2D eigenvalue weighted by Gasteiger charge is 2.39. The van der Waals surface area contributed by atoms with Gasteiger partial charge in [0.25, 0.3) is 0 Å². The highest BCUT2D eigenvalue weighted by atomic mass is 79.9. The van der Waals surface area contributed by atoms with Gasteiger partial charge in [-0.05, 0) is 43.4 Å². The lowest BCUT2D eigenvalue weighted by Crippen LogP contribution is -2.51. The monoisotopic (exact) mass is 392 g/mol. The van der Waals surface area contributed by atoms with E-state index in [2.05, 4.69) is 33.1 Å². The maximum absolute atomic E-state index is 12.8. The summed E-state index contributed by atoms with van der Waals surface area (Å²) in [6.45, 7) is 3.87. The lowest BCUT2D eigenvalue weighted by Gasteiger charge is -2.34. The number of benzene rings is 1. The molecule has 0 spiro atoms. The van der Waals surface area contributed by atoms with Gasteiger partial charge in [0.1, 0.15) is 12.0 Å². The molecule has 1 saturated carbocycles. The van der Waals surface area contributed by atoms with E-state index in [9.17, 15) is 9.59 Å². The summed E-state index contributed by atoms with van der Waals surface area (Å²) in [6, 6.07) is 6.71. The number of hydrogen-bond donors (Lipinski definition) is 2. The maximum Gasteiger partial charge on any atom is 0.319 e. The van der Waals surface area contributed by atoms with Gasteiger partial charge in [-0.15, -0.1) is 0 Å². The van der Waals surface area contributed by atoms with Crippen LogP contribution >= 0.6 is 15.9 Å². The Morgan fingerprint density at radius 2 is 1.83 bits per heavy atom. The highest BCUT2D eigenvalue weighted by Crippen LogP contribution is 2.32. The number of amides is 2. The van der Waals surface area contributed by atoms with E-state index in [0.29, 0.717) is 5.70 Å². The van der Waals surface area contributed by atoms with Crippen LogP contribution in [-0.4, -0.2) is 18.1 Å². The van der Waals surface area contributed by atoms with Crippen molar-refractivity contribution in [1.82, 2.24) is 10.6 Å². The van der Waals surface area contributed by atoms with Crippen LogP contribution in [0.1, 0.15) is 43.7 Å². The molecule has 1 aliphatic heterocycles. The molecule has 0 bridgehead atoms. The lowest BCUT2D eigenvalue weighted by atomic mass is 9.89. The van der Waals surface area contributed by atoms with Crippen molar-refractivity contribution in [2.75, 3.05) is 0 Å². The number of ether oxygens (including phenoxy) is 1. The van der Waals surface area contributed by atoms with Crippen LogP contribution in [0.3, 0.4) is 0 Å². The second-order valence-electron chi connectivity index (χ2n) is 6.33. The number of halogens is 1. The maximum atomic E-state index is 12.8. The molecule has 5 nitrogen and oxygen atoms in total. The van der Waals surface area contributed by atoms with Crippen molar-refractivity contribution in [3.63, 3.8) is 0 Å². The normalized spacial score (nSPS) is 24.9. The smallest absolute Gasteiger partial charge is 0.319 e. The van der Waals surface area contributed by atoms with Gasteiger partial charge in [-0.1, -0.05) is 41.1 Å². The van der Waals surface area contributed by atoms with Crippen molar-refractivity contribution in [3.8, 4) is 0 Å². The van der Waals surface area contributed by atoms with Gasteiger partial charge in [0.05, 0.1) is 6.04 Å². The summed E-state index contributed by atoms with van der Waals surface area (Å²) < 4.78 is 6.65. The number of nitrogens with one attached hydrogen (secondary N) is 2. The van der Waals surface area contributed by atoms with E-state index < -0.39 is 12.0 Å². The molecule has 2 amide bonds. The van der Waals surface area contributed by atoms with Gasteiger partial charge in [0.2, 0.25) is 0 Å². The van der Waals surface area contributed by atoms with Crippen molar-refractivity contribution in [1.29, 1.82) is 0 Å². The fourth-order valence-corrected chi connectivity index (χ4v) is 3.59. The number of urea groups is 1. The molecular formula is C18H21BrN2O3. The average Bonchev–Trinajstić information content (AvgIpc) is 2.55. The van der Waals surface area contributed by atoms with Crippen LogP contribution in [0.4, 0.5) is 4.79 Å². The second-order valence-corrected chi connectivity index (χ2v) is 7.24. The van der Waals surface area contributed by atoms with E-state index in [0.717, 1.165) is 35.7 Å².